The summed E-state index contributed by atoms with van der Waals surface area (Å²) in [6.45, 7) is 19.0. The molecule has 1 fully saturated rings. The molecule has 6 nitrogen and oxygen atoms in total. The Hall–Kier alpha value is -2.57. The second kappa shape index (κ2) is 17.7. The molecule has 0 aromatic heterocycles. The van der Waals surface area contributed by atoms with Gasteiger partial charge in [0, 0.05) is 5.56 Å². The Labute approximate surface area is 285 Å². The molecule has 1 saturated heterocycles. The van der Waals surface area contributed by atoms with Gasteiger partial charge in [0.15, 0.2) is 0 Å². The van der Waals surface area contributed by atoms with Crippen LogP contribution in [0.3, 0.4) is 0 Å². The number of ether oxygens (including phenoxy) is 5. The Kier molecular flexibility index (Phi) is 14.0. The van der Waals surface area contributed by atoms with Crippen LogP contribution in [0.25, 0.3) is 0 Å². The standard InChI is InChI=1S/C41H62O6/c1-28(2)15-12-16-29(3)17-13-18-30(4)19-14-23-41(8)24-22-35-33(7)38(31(5)32(6)39(35)47-41)46-40(42)44-27-37-36(45-37)26-43-25-34-20-10-9-11-21-34/h9-11,20-21,28-30,36-37H,12-19,22-27H2,1-8H3. The maximum absolute atomic E-state index is 12.7. The van der Waals surface area contributed by atoms with Crippen LogP contribution in [0.1, 0.15) is 127 Å². The first kappa shape index (κ1) is 37.3. The van der Waals surface area contributed by atoms with Crippen molar-refractivity contribution >= 4 is 6.16 Å². The van der Waals surface area contributed by atoms with Crippen molar-refractivity contribution in [2.45, 2.75) is 150 Å². The lowest BCUT2D eigenvalue weighted by Crippen LogP contribution is -2.37. The molecule has 2 heterocycles. The van der Waals surface area contributed by atoms with E-state index in [0.717, 1.165) is 70.6 Å². The minimum Gasteiger partial charge on any atom is -0.487 e. The maximum Gasteiger partial charge on any atom is 0.513 e. The van der Waals surface area contributed by atoms with Crippen LogP contribution in [0.5, 0.6) is 11.5 Å². The van der Waals surface area contributed by atoms with Gasteiger partial charge >= 0.3 is 6.16 Å². The van der Waals surface area contributed by atoms with Crippen LogP contribution < -0.4 is 9.47 Å². The van der Waals surface area contributed by atoms with Gasteiger partial charge in [0.05, 0.1) is 13.2 Å². The number of rotatable bonds is 19. The van der Waals surface area contributed by atoms with E-state index in [0.29, 0.717) is 19.0 Å². The number of fused-ring (bicyclic) bond motifs is 1. The molecule has 2 aromatic carbocycles. The molecule has 47 heavy (non-hydrogen) atoms. The number of hydrogen-bond donors (Lipinski definition) is 0. The summed E-state index contributed by atoms with van der Waals surface area (Å²) in [6, 6.07) is 10.0. The van der Waals surface area contributed by atoms with Crippen molar-refractivity contribution in [3.63, 3.8) is 0 Å². The fourth-order valence-corrected chi connectivity index (χ4v) is 7.02. The van der Waals surface area contributed by atoms with Gasteiger partial charge in [-0.1, -0.05) is 103 Å². The number of carbonyl (C=O) groups is 1. The topological polar surface area (TPSA) is 66.5 Å². The molecular formula is C41H62O6. The molecule has 0 aliphatic carbocycles. The summed E-state index contributed by atoms with van der Waals surface area (Å²) in [5.74, 6) is 3.99. The van der Waals surface area contributed by atoms with Gasteiger partial charge in [-0.05, 0) is 93.4 Å². The van der Waals surface area contributed by atoms with E-state index < -0.39 is 6.16 Å². The molecule has 262 valence electrons. The highest BCUT2D eigenvalue weighted by atomic mass is 16.7. The molecule has 0 spiro atoms. The zero-order valence-corrected chi connectivity index (χ0v) is 30.6. The van der Waals surface area contributed by atoms with Crippen LogP contribution >= 0.6 is 0 Å². The predicted octanol–water partition coefficient (Wildman–Crippen LogP) is 10.6. The SMILES string of the molecule is Cc1c(C)c2c(c(C)c1OC(=O)OCC1OC1COCc1ccccc1)CCC(C)(CCCC(C)CCCC(C)CCCC(C)C)O2. The third-order valence-electron chi connectivity index (χ3n) is 10.5. The Morgan fingerprint density at radius 3 is 2.17 bits per heavy atom. The Balaban J connectivity index is 1.18. The largest absolute Gasteiger partial charge is 0.513 e. The fourth-order valence-electron chi connectivity index (χ4n) is 7.02. The van der Waals surface area contributed by atoms with E-state index in [2.05, 4.69) is 41.5 Å². The zero-order valence-electron chi connectivity index (χ0n) is 30.6. The quantitative estimate of drug-likeness (QED) is 0.0856. The molecule has 5 unspecified atom stereocenters. The van der Waals surface area contributed by atoms with Gasteiger partial charge in [0.1, 0.15) is 35.9 Å². The van der Waals surface area contributed by atoms with Crippen LogP contribution in [0.4, 0.5) is 4.79 Å². The lowest BCUT2D eigenvalue weighted by Gasteiger charge is -2.38. The van der Waals surface area contributed by atoms with E-state index in [4.69, 9.17) is 23.7 Å². The van der Waals surface area contributed by atoms with Crippen molar-refractivity contribution in [2.75, 3.05) is 13.2 Å². The van der Waals surface area contributed by atoms with E-state index in [1.807, 2.05) is 44.2 Å². The van der Waals surface area contributed by atoms with Crippen molar-refractivity contribution in [1.29, 1.82) is 0 Å². The number of carbonyl (C=O) groups excluding carboxylic acids is 1. The third-order valence-corrected chi connectivity index (χ3v) is 10.5. The van der Waals surface area contributed by atoms with E-state index >= 15 is 0 Å². The zero-order chi connectivity index (χ0) is 34.0. The highest BCUT2D eigenvalue weighted by Crippen LogP contribution is 2.45. The van der Waals surface area contributed by atoms with Crippen LogP contribution in [0.15, 0.2) is 30.3 Å². The average Bonchev–Trinajstić information content (AvgIpc) is 3.79. The van der Waals surface area contributed by atoms with Crippen LogP contribution in [-0.2, 0) is 27.2 Å². The average molecular weight is 651 g/mol. The first-order valence-corrected chi connectivity index (χ1v) is 18.4. The smallest absolute Gasteiger partial charge is 0.487 e. The lowest BCUT2D eigenvalue weighted by molar-refractivity contribution is 0.0509. The monoisotopic (exact) mass is 650 g/mol. The van der Waals surface area contributed by atoms with Crippen LogP contribution in [0.2, 0.25) is 0 Å². The Bertz CT molecular complexity index is 1270. The Morgan fingerprint density at radius 1 is 0.851 bits per heavy atom. The molecule has 0 radical (unpaired) electrons. The molecule has 6 heteroatoms. The van der Waals surface area contributed by atoms with Gasteiger partial charge in [0.2, 0.25) is 0 Å². The number of benzene rings is 2. The fraction of sp³-hybridized carbons (Fsp3) is 0.683. The maximum atomic E-state index is 12.7. The minimum atomic E-state index is -0.703. The summed E-state index contributed by atoms with van der Waals surface area (Å²) in [5.41, 5.74) is 5.01. The number of epoxide rings is 1. The summed E-state index contributed by atoms with van der Waals surface area (Å²) < 4.78 is 29.4. The van der Waals surface area contributed by atoms with Crippen molar-refractivity contribution in [3.05, 3.63) is 58.1 Å². The minimum absolute atomic E-state index is 0.0614. The van der Waals surface area contributed by atoms with Crippen molar-refractivity contribution < 1.29 is 28.5 Å². The molecule has 0 saturated carbocycles. The summed E-state index contributed by atoms with van der Waals surface area (Å²) in [4.78, 5) is 12.7. The summed E-state index contributed by atoms with van der Waals surface area (Å²) in [5, 5.41) is 0. The van der Waals surface area contributed by atoms with Crippen molar-refractivity contribution in [3.8, 4) is 11.5 Å². The molecule has 4 rings (SSSR count). The van der Waals surface area contributed by atoms with Gasteiger partial charge in [-0.15, -0.1) is 0 Å². The second-order valence-corrected chi connectivity index (χ2v) is 15.3. The van der Waals surface area contributed by atoms with Gasteiger partial charge in [-0.3, -0.25) is 0 Å². The summed E-state index contributed by atoms with van der Waals surface area (Å²) >= 11 is 0. The first-order valence-electron chi connectivity index (χ1n) is 18.4. The Morgan fingerprint density at radius 2 is 1.49 bits per heavy atom. The van der Waals surface area contributed by atoms with Crippen molar-refractivity contribution in [1.82, 2.24) is 0 Å². The number of hydrogen-bond acceptors (Lipinski definition) is 6. The van der Waals surface area contributed by atoms with E-state index in [9.17, 15) is 4.79 Å². The molecule has 2 aromatic rings. The molecule has 0 N–H and O–H groups in total. The van der Waals surface area contributed by atoms with E-state index in [1.54, 1.807) is 0 Å². The van der Waals surface area contributed by atoms with Gasteiger partial charge < -0.3 is 23.7 Å². The predicted molar refractivity (Wildman–Crippen MR) is 189 cm³/mol. The summed E-state index contributed by atoms with van der Waals surface area (Å²) in [6.07, 6.45) is 12.6. The van der Waals surface area contributed by atoms with Gasteiger partial charge in [0.25, 0.3) is 0 Å². The normalized spacial score (nSPS) is 21.6. The highest BCUT2D eigenvalue weighted by molar-refractivity contribution is 5.68. The van der Waals surface area contributed by atoms with Crippen LogP contribution in [-0.4, -0.2) is 37.2 Å². The molecular weight excluding hydrogens is 588 g/mol. The van der Waals surface area contributed by atoms with E-state index in [-0.39, 0.29) is 24.4 Å². The lowest BCUT2D eigenvalue weighted by atomic mass is 9.83. The van der Waals surface area contributed by atoms with Gasteiger partial charge in [-0.25, -0.2) is 4.79 Å². The molecule has 2 aliphatic heterocycles. The summed E-state index contributed by atoms with van der Waals surface area (Å²) in [7, 11) is 0. The third kappa shape index (κ3) is 11.5. The molecule has 0 amide bonds. The van der Waals surface area contributed by atoms with Crippen LogP contribution in [0, 0.1) is 38.5 Å². The highest BCUT2D eigenvalue weighted by Gasteiger charge is 2.40. The molecule has 2 aliphatic rings. The first-order chi connectivity index (χ1) is 22.5. The van der Waals surface area contributed by atoms with E-state index in [1.165, 1.54) is 51.4 Å². The van der Waals surface area contributed by atoms with Crippen molar-refractivity contribution in [2.24, 2.45) is 17.8 Å². The molecule has 0 bridgehead atoms. The second-order valence-electron chi connectivity index (χ2n) is 15.3. The van der Waals surface area contributed by atoms with Gasteiger partial charge in [-0.2, -0.15) is 0 Å². The molecule has 5 atom stereocenters.